The van der Waals surface area contributed by atoms with E-state index in [0.717, 1.165) is 5.52 Å². The highest BCUT2D eigenvalue weighted by molar-refractivity contribution is 7.92. The maximum absolute atomic E-state index is 12.6. The molecule has 0 aliphatic rings. The summed E-state index contributed by atoms with van der Waals surface area (Å²) in [4.78, 5) is 16.0. The minimum absolute atomic E-state index is 0.0633. The maximum atomic E-state index is 12.6. The Hall–Kier alpha value is -2.87. The van der Waals surface area contributed by atoms with Crippen LogP contribution < -0.4 is 4.72 Å². The van der Waals surface area contributed by atoms with E-state index < -0.39 is 16.0 Å². The molecule has 0 atom stereocenters. The zero-order valence-corrected chi connectivity index (χ0v) is 13.9. The number of aryl methyl sites for hydroxylation is 1. The number of nitrogens with one attached hydrogen (secondary N) is 1. The largest absolute Gasteiger partial charge is 0.465 e. The van der Waals surface area contributed by atoms with E-state index in [0.29, 0.717) is 5.52 Å². The normalized spacial score (nSPS) is 11.4. The summed E-state index contributed by atoms with van der Waals surface area (Å²) in [6.45, 7) is 0. The van der Waals surface area contributed by atoms with Crippen LogP contribution in [0.1, 0.15) is 10.4 Å². The Morgan fingerprint density at radius 2 is 1.96 bits per heavy atom. The molecular formula is C16H15N3O4S. The van der Waals surface area contributed by atoms with Crippen molar-refractivity contribution >= 4 is 32.7 Å². The number of para-hydroxylation sites is 1. The van der Waals surface area contributed by atoms with E-state index in [4.69, 9.17) is 0 Å². The van der Waals surface area contributed by atoms with Crippen LogP contribution in [0.3, 0.4) is 0 Å². The van der Waals surface area contributed by atoms with Crippen molar-refractivity contribution in [2.45, 2.75) is 4.90 Å². The van der Waals surface area contributed by atoms with Crippen LogP contribution in [0, 0.1) is 0 Å². The molecule has 0 fully saturated rings. The number of benzene rings is 2. The van der Waals surface area contributed by atoms with Crippen LogP contribution in [-0.4, -0.2) is 31.0 Å². The topological polar surface area (TPSA) is 90.3 Å². The zero-order valence-electron chi connectivity index (χ0n) is 13.1. The number of ether oxygens (including phenoxy) is 1. The fraction of sp³-hybridized carbons (Fsp3) is 0.125. The van der Waals surface area contributed by atoms with Crippen LogP contribution in [-0.2, 0) is 21.8 Å². The molecule has 1 aromatic heterocycles. The average molecular weight is 345 g/mol. The number of carbonyl (C=O) groups is 1. The number of esters is 1. The van der Waals surface area contributed by atoms with E-state index in [1.54, 1.807) is 29.1 Å². The molecule has 8 heteroatoms. The summed E-state index contributed by atoms with van der Waals surface area (Å²) in [5.41, 5.74) is 1.69. The Morgan fingerprint density at radius 3 is 2.71 bits per heavy atom. The highest BCUT2D eigenvalue weighted by Crippen LogP contribution is 2.23. The lowest BCUT2D eigenvalue weighted by Gasteiger charge is -2.11. The molecule has 24 heavy (non-hydrogen) atoms. The molecule has 0 spiro atoms. The lowest BCUT2D eigenvalue weighted by atomic mass is 10.2. The molecule has 0 saturated heterocycles. The van der Waals surface area contributed by atoms with Crippen LogP contribution in [0.25, 0.3) is 11.0 Å². The molecule has 2 aromatic carbocycles. The number of imidazole rings is 1. The first-order valence-corrected chi connectivity index (χ1v) is 8.52. The Labute approximate surface area is 138 Å². The number of nitrogens with zero attached hydrogens (tertiary/aromatic N) is 2. The predicted molar refractivity (Wildman–Crippen MR) is 89.3 cm³/mol. The van der Waals surface area contributed by atoms with Gasteiger partial charge in [0, 0.05) is 7.05 Å². The van der Waals surface area contributed by atoms with Crippen molar-refractivity contribution in [2.75, 3.05) is 11.8 Å². The Balaban J connectivity index is 2.00. The smallest absolute Gasteiger partial charge is 0.339 e. The fourth-order valence-electron chi connectivity index (χ4n) is 2.35. The predicted octanol–water partition coefficient (Wildman–Crippen LogP) is 2.16. The summed E-state index contributed by atoms with van der Waals surface area (Å²) in [7, 11) is -0.800. The molecule has 7 nitrogen and oxygen atoms in total. The van der Waals surface area contributed by atoms with E-state index >= 15 is 0 Å². The number of rotatable bonds is 4. The highest BCUT2D eigenvalue weighted by atomic mass is 32.2. The van der Waals surface area contributed by atoms with Gasteiger partial charge in [0.2, 0.25) is 0 Å². The first-order valence-electron chi connectivity index (χ1n) is 7.03. The van der Waals surface area contributed by atoms with Gasteiger partial charge < -0.3 is 9.30 Å². The third-order valence-corrected chi connectivity index (χ3v) is 4.95. The van der Waals surface area contributed by atoms with Crippen molar-refractivity contribution in [2.24, 2.45) is 7.05 Å². The van der Waals surface area contributed by atoms with Crippen LogP contribution in [0.5, 0.6) is 0 Å². The van der Waals surface area contributed by atoms with Gasteiger partial charge in [-0.05, 0) is 30.3 Å². The van der Waals surface area contributed by atoms with Gasteiger partial charge in [-0.2, -0.15) is 0 Å². The lowest BCUT2D eigenvalue weighted by Crippen LogP contribution is -2.16. The molecule has 1 heterocycles. The molecule has 3 aromatic rings. The summed E-state index contributed by atoms with van der Waals surface area (Å²) < 4.78 is 34.1. The van der Waals surface area contributed by atoms with Gasteiger partial charge in [0.05, 0.1) is 40.6 Å². The summed E-state index contributed by atoms with van der Waals surface area (Å²) in [6.07, 6.45) is 1.61. The molecule has 0 radical (unpaired) electrons. The second kappa shape index (κ2) is 5.97. The van der Waals surface area contributed by atoms with Crippen molar-refractivity contribution in [3.8, 4) is 0 Å². The van der Waals surface area contributed by atoms with E-state index in [2.05, 4.69) is 14.4 Å². The van der Waals surface area contributed by atoms with E-state index in [1.807, 2.05) is 7.05 Å². The van der Waals surface area contributed by atoms with Gasteiger partial charge in [-0.25, -0.2) is 18.2 Å². The van der Waals surface area contributed by atoms with Crippen molar-refractivity contribution in [1.29, 1.82) is 0 Å². The van der Waals surface area contributed by atoms with Crippen molar-refractivity contribution in [3.63, 3.8) is 0 Å². The summed E-state index contributed by atoms with van der Waals surface area (Å²) >= 11 is 0. The van der Waals surface area contributed by atoms with Gasteiger partial charge in [-0.15, -0.1) is 0 Å². The van der Waals surface area contributed by atoms with Gasteiger partial charge in [-0.3, -0.25) is 4.72 Å². The Morgan fingerprint density at radius 1 is 1.21 bits per heavy atom. The van der Waals surface area contributed by atoms with Gasteiger partial charge in [0.15, 0.2) is 0 Å². The number of methoxy groups -OCH3 is 1. The molecule has 3 rings (SSSR count). The number of aromatic nitrogens is 2. The molecule has 0 aliphatic heterocycles. The van der Waals surface area contributed by atoms with Gasteiger partial charge in [0.25, 0.3) is 10.0 Å². The zero-order chi connectivity index (χ0) is 17.3. The third kappa shape index (κ3) is 2.83. The van der Waals surface area contributed by atoms with Crippen LogP contribution in [0.4, 0.5) is 5.69 Å². The number of hydrogen-bond donors (Lipinski definition) is 1. The monoisotopic (exact) mass is 345 g/mol. The molecule has 124 valence electrons. The van der Waals surface area contributed by atoms with Crippen LogP contribution >= 0.6 is 0 Å². The first kappa shape index (κ1) is 16.0. The van der Waals surface area contributed by atoms with E-state index in [1.165, 1.54) is 31.4 Å². The van der Waals surface area contributed by atoms with Gasteiger partial charge in [-0.1, -0.05) is 12.1 Å². The quantitative estimate of drug-likeness (QED) is 0.732. The molecule has 0 bridgehead atoms. The second-order valence-electron chi connectivity index (χ2n) is 5.15. The number of fused-ring (bicyclic) bond motifs is 1. The molecule has 0 amide bonds. The van der Waals surface area contributed by atoms with E-state index in [9.17, 15) is 13.2 Å². The highest BCUT2D eigenvalue weighted by Gasteiger charge is 2.19. The average Bonchev–Trinajstić information content (AvgIpc) is 2.95. The molecule has 1 N–H and O–H groups in total. The minimum atomic E-state index is -3.87. The van der Waals surface area contributed by atoms with Crippen LogP contribution in [0.2, 0.25) is 0 Å². The summed E-state index contributed by atoms with van der Waals surface area (Å²) in [5.74, 6) is -0.617. The fourth-order valence-corrected chi connectivity index (χ4v) is 3.45. The van der Waals surface area contributed by atoms with Crippen LogP contribution in [0.15, 0.2) is 53.7 Å². The summed E-state index contributed by atoms with van der Waals surface area (Å²) in [6, 6.07) is 10.9. The van der Waals surface area contributed by atoms with Crippen molar-refractivity contribution in [3.05, 3.63) is 54.4 Å². The third-order valence-electron chi connectivity index (χ3n) is 3.58. The SMILES string of the molecule is COC(=O)c1ccccc1NS(=O)(=O)c1ccc2c(c1)ncn2C. The standard InChI is InChI=1S/C16H15N3O4S/c1-19-10-17-14-9-11(7-8-15(14)19)24(21,22)18-13-6-4-3-5-12(13)16(20)23-2/h3-10,18H,1-2H3. The number of sulfonamides is 1. The Bertz CT molecular complexity index is 1020. The summed E-state index contributed by atoms with van der Waals surface area (Å²) in [5, 5.41) is 0. The Kier molecular flexibility index (Phi) is 3.98. The number of anilines is 1. The number of carbonyl (C=O) groups excluding carboxylic acids is 1. The first-order chi connectivity index (χ1) is 11.4. The minimum Gasteiger partial charge on any atom is -0.465 e. The van der Waals surface area contributed by atoms with Gasteiger partial charge in [0.1, 0.15) is 0 Å². The molecule has 0 aliphatic carbocycles. The number of hydrogen-bond acceptors (Lipinski definition) is 5. The molecular weight excluding hydrogens is 330 g/mol. The lowest BCUT2D eigenvalue weighted by molar-refractivity contribution is 0.0602. The molecule has 0 unspecified atom stereocenters. The van der Waals surface area contributed by atoms with Crippen molar-refractivity contribution in [1.82, 2.24) is 9.55 Å². The molecule has 0 saturated carbocycles. The van der Waals surface area contributed by atoms with Gasteiger partial charge >= 0.3 is 5.97 Å². The second-order valence-corrected chi connectivity index (χ2v) is 6.83. The maximum Gasteiger partial charge on any atom is 0.339 e. The van der Waals surface area contributed by atoms with E-state index in [-0.39, 0.29) is 16.1 Å². The van der Waals surface area contributed by atoms with Crippen molar-refractivity contribution < 1.29 is 17.9 Å².